The number of aromatic carboxylic acids is 1. The predicted molar refractivity (Wildman–Crippen MR) is 65.0 cm³/mol. The van der Waals surface area contributed by atoms with Gasteiger partial charge in [0.1, 0.15) is 15.1 Å². The van der Waals surface area contributed by atoms with E-state index in [1.807, 2.05) is 0 Å². The molecule has 88 valence electrons. The first-order valence-electron chi connectivity index (χ1n) is 4.42. The van der Waals surface area contributed by atoms with Crippen LogP contribution in [0.25, 0.3) is 0 Å². The maximum Gasteiger partial charge on any atom is 0.347 e. The number of carboxylic acids is 1. The standard InChI is InChI=1S/C9H6ClN3O2S2/c1-4-7(8(14)15)17-9(12-4)16-6-3-11-2-5(10)13-6/h2-3H,1H3,(H,14,15). The monoisotopic (exact) mass is 287 g/mol. The van der Waals surface area contributed by atoms with E-state index in [1.54, 1.807) is 13.1 Å². The topological polar surface area (TPSA) is 76.0 Å². The first-order chi connectivity index (χ1) is 8.06. The summed E-state index contributed by atoms with van der Waals surface area (Å²) in [6.07, 6.45) is 2.98. The molecule has 8 heteroatoms. The normalized spacial score (nSPS) is 10.5. The second-order valence-corrected chi connectivity index (χ2v) is 5.64. The van der Waals surface area contributed by atoms with Crippen molar-refractivity contribution in [1.29, 1.82) is 0 Å². The first kappa shape index (κ1) is 12.3. The Kier molecular flexibility index (Phi) is 3.60. The van der Waals surface area contributed by atoms with Gasteiger partial charge in [-0.25, -0.2) is 14.8 Å². The average Bonchev–Trinajstić information content (AvgIpc) is 2.59. The lowest BCUT2D eigenvalue weighted by atomic mass is 10.4. The van der Waals surface area contributed by atoms with Gasteiger partial charge in [-0.05, 0) is 18.7 Å². The van der Waals surface area contributed by atoms with E-state index >= 15 is 0 Å². The van der Waals surface area contributed by atoms with Gasteiger partial charge in [0.25, 0.3) is 0 Å². The third-order valence-electron chi connectivity index (χ3n) is 1.75. The number of rotatable bonds is 3. The largest absolute Gasteiger partial charge is 0.477 e. The number of hydrogen-bond donors (Lipinski definition) is 1. The minimum absolute atomic E-state index is 0.238. The number of halogens is 1. The molecule has 0 aliphatic rings. The summed E-state index contributed by atoms with van der Waals surface area (Å²) in [6.45, 7) is 1.66. The molecule has 0 bridgehead atoms. The Hall–Kier alpha value is -1.18. The Labute approximate surface area is 110 Å². The highest BCUT2D eigenvalue weighted by Crippen LogP contribution is 2.31. The number of nitrogens with zero attached hydrogens (tertiary/aromatic N) is 3. The number of thiazole rings is 1. The molecule has 0 saturated carbocycles. The van der Waals surface area contributed by atoms with Crippen molar-refractivity contribution in [1.82, 2.24) is 15.0 Å². The molecule has 0 unspecified atom stereocenters. The second kappa shape index (κ2) is 4.99. The Bertz CT molecular complexity index is 573. The fourth-order valence-electron chi connectivity index (χ4n) is 1.08. The lowest BCUT2D eigenvalue weighted by Gasteiger charge is -1.95. The molecule has 0 aliphatic heterocycles. The lowest BCUT2D eigenvalue weighted by molar-refractivity contribution is 0.0701. The van der Waals surface area contributed by atoms with Crippen molar-refractivity contribution in [2.75, 3.05) is 0 Å². The number of hydrogen-bond acceptors (Lipinski definition) is 6. The summed E-state index contributed by atoms with van der Waals surface area (Å²) < 4.78 is 0.608. The van der Waals surface area contributed by atoms with Gasteiger partial charge in [0.15, 0.2) is 4.34 Å². The third kappa shape index (κ3) is 2.93. The zero-order valence-electron chi connectivity index (χ0n) is 8.55. The van der Waals surface area contributed by atoms with Crippen LogP contribution in [0, 0.1) is 6.92 Å². The number of carboxylic acid groups (broad SMARTS) is 1. The molecule has 2 heterocycles. The molecule has 0 amide bonds. The van der Waals surface area contributed by atoms with Crippen LogP contribution in [0.3, 0.4) is 0 Å². The van der Waals surface area contributed by atoms with Gasteiger partial charge in [0.2, 0.25) is 0 Å². The van der Waals surface area contributed by atoms with E-state index in [4.69, 9.17) is 16.7 Å². The van der Waals surface area contributed by atoms with Crippen LogP contribution in [0.15, 0.2) is 21.8 Å². The maximum atomic E-state index is 10.9. The third-order valence-corrected chi connectivity index (χ3v) is 4.04. The molecule has 0 saturated heterocycles. The van der Waals surface area contributed by atoms with E-state index in [1.165, 1.54) is 18.0 Å². The predicted octanol–water partition coefficient (Wildman–Crippen LogP) is 2.74. The number of carbonyl (C=O) groups is 1. The molecule has 0 atom stereocenters. The minimum Gasteiger partial charge on any atom is -0.477 e. The van der Waals surface area contributed by atoms with Gasteiger partial charge in [-0.1, -0.05) is 22.9 Å². The van der Waals surface area contributed by atoms with Gasteiger partial charge in [-0.2, -0.15) is 0 Å². The molecular weight excluding hydrogens is 282 g/mol. The minimum atomic E-state index is -0.968. The van der Waals surface area contributed by atoms with E-state index in [-0.39, 0.29) is 4.88 Å². The van der Waals surface area contributed by atoms with Crippen LogP contribution in [0.5, 0.6) is 0 Å². The van der Waals surface area contributed by atoms with Crippen LogP contribution >= 0.6 is 34.7 Å². The highest BCUT2D eigenvalue weighted by atomic mass is 35.5. The molecule has 1 N–H and O–H groups in total. The summed E-state index contributed by atoms with van der Waals surface area (Å²) in [5.74, 6) is -0.968. The second-order valence-electron chi connectivity index (χ2n) is 2.98. The molecule has 2 rings (SSSR count). The molecule has 0 radical (unpaired) electrons. The van der Waals surface area contributed by atoms with Crippen LogP contribution in [-0.2, 0) is 0 Å². The van der Waals surface area contributed by atoms with Crippen LogP contribution in [0.1, 0.15) is 15.4 Å². The Balaban J connectivity index is 2.25. The van der Waals surface area contributed by atoms with E-state index in [2.05, 4.69) is 15.0 Å². The molecule has 2 aromatic heterocycles. The zero-order chi connectivity index (χ0) is 12.4. The fraction of sp³-hybridized carbons (Fsp3) is 0.111. The van der Waals surface area contributed by atoms with E-state index in [0.717, 1.165) is 11.3 Å². The highest BCUT2D eigenvalue weighted by Gasteiger charge is 2.15. The summed E-state index contributed by atoms with van der Waals surface area (Å²) >= 11 is 8.05. The first-order valence-corrected chi connectivity index (χ1v) is 6.43. The average molecular weight is 288 g/mol. The number of aryl methyl sites for hydroxylation is 1. The molecule has 17 heavy (non-hydrogen) atoms. The van der Waals surface area contributed by atoms with Gasteiger partial charge in [0.05, 0.1) is 18.1 Å². The zero-order valence-corrected chi connectivity index (χ0v) is 10.9. The van der Waals surface area contributed by atoms with Crippen LogP contribution in [0.2, 0.25) is 5.15 Å². The summed E-state index contributed by atoms with van der Waals surface area (Å²) in [5.41, 5.74) is 0.500. The molecular formula is C9H6ClN3O2S2. The lowest BCUT2D eigenvalue weighted by Crippen LogP contribution is -1.94. The SMILES string of the molecule is Cc1nc(Sc2cncc(Cl)n2)sc1C(=O)O. The Morgan fingerprint density at radius 1 is 1.47 bits per heavy atom. The smallest absolute Gasteiger partial charge is 0.347 e. The van der Waals surface area contributed by atoms with Crippen LogP contribution in [-0.4, -0.2) is 26.0 Å². The summed E-state index contributed by atoms with van der Waals surface area (Å²) in [7, 11) is 0. The van der Waals surface area contributed by atoms with Gasteiger partial charge in [-0.3, -0.25) is 4.98 Å². The molecule has 0 spiro atoms. The summed E-state index contributed by atoms with van der Waals surface area (Å²) in [5, 5.41) is 9.78. The van der Waals surface area contributed by atoms with Gasteiger partial charge < -0.3 is 5.11 Å². The fourth-order valence-corrected chi connectivity index (χ4v) is 3.21. The van der Waals surface area contributed by atoms with Crippen molar-refractivity contribution in [3.8, 4) is 0 Å². The van der Waals surface area contributed by atoms with Gasteiger partial charge in [-0.15, -0.1) is 0 Å². The Morgan fingerprint density at radius 2 is 2.24 bits per heavy atom. The van der Waals surface area contributed by atoms with Gasteiger partial charge in [0, 0.05) is 0 Å². The molecule has 0 fully saturated rings. The quantitative estimate of drug-likeness (QED) is 0.935. The van der Waals surface area contributed by atoms with E-state index < -0.39 is 5.97 Å². The van der Waals surface area contributed by atoms with E-state index in [9.17, 15) is 4.79 Å². The highest BCUT2D eigenvalue weighted by molar-refractivity contribution is 8.01. The maximum absolute atomic E-state index is 10.9. The summed E-state index contributed by atoms with van der Waals surface area (Å²) in [6, 6.07) is 0. The molecule has 5 nitrogen and oxygen atoms in total. The van der Waals surface area contributed by atoms with Crippen LogP contribution in [0.4, 0.5) is 0 Å². The van der Waals surface area contributed by atoms with Crippen molar-refractivity contribution in [2.45, 2.75) is 16.3 Å². The molecule has 0 aromatic carbocycles. The van der Waals surface area contributed by atoms with Crippen molar-refractivity contribution in [3.05, 3.63) is 28.1 Å². The molecule has 0 aliphatic carbocycles. The van der Waals surface area contributed by atoms with Crippen molar-refractivity contribution >= 4 is 40.7 Å². The van der Waals surface area contributed by atoms with Crippen LogP contribution < -0.4 is 0 Å². The van der Waals surface area contributed by atoms with Crippen molar-refractivity contribution in [2.24, 2.45) is 0 Å². The van der Waals surface area contributed by atoms with Crippen molar-refractivity contribution in [3.63, 3.8) is 0 Å². The van der Waals surface area contributed by atoms with Crippen molar-refractivity contribution < 1.29 is 9.90 Å². The summed E-state index contributed by atoms with van der Waals surface area (Å²) in [4.78, 5) is 23.2. The number of aromatic nitrogens is 3. The van der Waals surface area contributed by atoms with E-state index in [0.29, 0.717) is 20.2 Å². The molecule has 2 aromatic rings. The Morgan fingerprint density at radius 3 is 2.82 bits per heavy atom. The van der Waals surface area contributed by atoms with Gasteiger partial charge >= 0.3 is 5.97 Å².